The highest BCUT2D eigenvalue weighted by Crippen LogP contribution is 2.11. The molecule has 0 saturated heterocycles. The van der Waals surface area contributed by atoms with E-state index in [1.807, 2.05) is 6.07 Å². The minimum Gasteiger partial charge on any atom is -0.356 e. The van der Waals surface area contributed by atoms with Crippen LogP contribution in [0.15, 0.2) is 58.4 Å². The lowest BCUT2D eigenvalue weighted by molar-refractivity contribution is 0.592. The van der Waals surface area contributed by atoms with E-state index in [-0.39, 0.29) is 11.6 Å². The van der Waals surface area contributed by atoms with Gasteiger partial charge in [0.05, 0.1) is 10.6 Å². The molecule has 0 saturated carbocycles. The van der Waals surface area contributed by atoms with E-state index in [4.69, 9.17) is 0 Å². The number of benzene rings is 2. The number of guanidine groups is 1. The molecule has 2 aromatic carbocycles. The van der Waals surface area contributed by atoms with Crippen LogP contribution in [-0.2, 0) is 16.4 Å². The Bertz CT molecular complexity index is 852. The lowest BCUT2D eigenvalue weighted by atomic mass is 10.1. The number of nitrogens with zero attached hydrogens (tertiary/aromatic N) is 1. The minimum atomic E-state index is -3.27. The van der Waals surface area contributed by atoms with Gasteiger partial charge in [-0.1, -0.05) is 30.3 Å². The van der Waals surface area contributed by atoms with Gasteiger partial charge in [-0.05, 0) is 42.7 Å². The molecule has 2 N–H and O–H groups in total. The molecule has 7 heteroatoms. The molecule has 0 fully saturated rings. The molecule has 140 valence electrons. The molecule has 0 spiro atoms. The molecular formula is C19H24FN3O2S. The van der Waals surface area contributed by atoms with Gasteiger partial charge in [-0.2, -0.15) is 0 Å². The van der Waals surface area contributed by atoms with Gasteiger partial charge in [0.2, 0.25) is 0 Å². The summed E-state index contributed by atoms with van der Waals surface area (Å²) in [4.78, 5) is 4.42. The number of nitrogens with one attached hydrogen (secondary N) is 2. The monoisotopic (exact) mass is 377 g/mol. The lowest BCUT2D eigenvalue weighted by Crippen LogP contribution is -2.37. The van der Waals surface area contributed by atoms with Gasteiger partial charge in [0.25, 0.3) is 0 Å². The summed E-state index contributed by atoms with van der Waals surface area (Å²) in [7, 11) is -1.64. The van der Waals surface area contributed by atoms with Gasteiger partial charge in [-0.15, -0.1) is 0 Å². The molecule has 0 heterocycles. The lowest BCUT2D eigenvalue weighted by Gasteiger charge is -2.12. The average molecular weight is 377 g/mol. The normalized spacial score (nSPS) is 12.0. The number of hydrogen-bond donors (Lipinski definition) is 2. The molecule has 0 unspecified atom stereocenters. The van der Waals surface area contributed by atoms with Crippen LogP contribution in [-0.4, -0.2) is 33.7 Å². The summed E-state index contributed by atoms with van der Waals surface area (Å²) in [6.45, 7) is 2.61. The molecule has 0 bridgehead atoms. The van der Waals surface area contributed by atoms with Crippen LogP contribution in [0.4, 0.5) is 4.39 Å². The van der Waals surface area contributed by atoms with Gasteiger partial charge < -0.3 is 10.6 Å². The highest BCUT2D eigenvalue weighted by Gasteiger charge is 2.13. The van der Waals surface area contributed by atoms with E-state index in [0.29, 0.717) is 35.9 Å². The van der Waals surface area contributed by atoms with E-state index in [1.54, 1.807) is 50.4 Å². The summed E-state index contributed by atoms with van der Waals surface area (Å²) in [5.74, 6) is 0.367. The van der Waals surface area contributed by atoms with E-state index in [2.05, 4.69) is 15.6 Å². The highest BCUT2D eigenvalue weighted by atomic mass is 32.2. The average Bonchev–Trinajstić information content (AvgIpc) is 2.64. The Morgan fingerprint density at radius 3 is 2.50 bits per heavy atom. The van der Waals surface area contributed by atoms with Crippen LogP contribution in [0, 0.1) is 12.7 Å². The minimum absolute atomic E-state index is 0.0597. The Labute approximate surface area is 154 Å². The maximum atomic E-state index is 13.6. The third kappa shape index (κ3) is 5.84. The Kier molecular flexibility index (Phi) is 7.15. The summed E-state index contributed by atoms with van der Waals surface area (Å²) in [5.41, 5.74) is 1.42. The summed E-state index contributed by atoms with van der Waals surface area (Å²) < 4.78 is 38.0. The number of rotatable bonds is 7. The van der Waals surface area contributed by atoms with Crippen LogP contribution >= 0.6 is 0 Å². The van der Waals surface area contributed by atoms with Crippen molar-refractivity contribution in [3.8, 4) is 0 Å². The third-order valence-corrected chi connectivity index (χ3v) is 5.72. The summed E-state index contributed by atoms with van der Waals surface area (Å²) >= 11 is 0. The molecule has 0 atom stereocenters. The molecule has 0 aromatic heterocycles. The fraction of sp³-hybridized carbons (Fsp3) is 0.316. The zero-order valence-corrected chi connectivity index (χ0v) is 15.8. The number of hydrogen-bond acceptors (Lipinski definition) is 3. The number of halogens is 1. The topological polar surface area (TPSA) is 70.6 Å². The number of sulfone groups is 1. The van der Waals surface area contributed by atoms with Crippen LogP contribution in [0.3, 0.4) is 0 Å². The molecular weight excluding hydrogens is 353 g/mol. The van der Waals surface area contributed by atoms with Crippen LogP contribution in [0.25, 0.3) is 0 Å². The van der Waals surface area contributed by atoms with Crippen molar-refractivity contribution in [3.63, 3.8) is 0 Å². The molecule has 0 aliphatic carbocycles. The van der Waals surface area contributed by atoms with Crippen molar-refractivity contribution < 1.29 is 12.8 Å². The van der Waals surface area contributed by atoms with Crippen molar-refractivity contribution in [1.82, 2.24) is 10.6 Å². The molecule has 0 aliphatic rings. The highest BCUT2D eigenvalue weighted by molar-refractivity contribution is 7.91. The van der Waals surface area contributed by atoms with Crippen molar-refractivity contribution in [2.45, 2.75) is 24.8 Å². The van der Waals surface area contributed by atoms with Crippen molar-refractivity contribution in [2.75, 3.05) is 19.3 Å². The smallest absolute Gasteiger partial charge is 0.191 e. The van der Waals surface area contributed by atoms with E-state index in [9.17, 15) is 12.8 Å². The quantitative estimate of drug-likeness (QED) is 0.442. The number of aryl methyl sites for hydroxylation is 1. The van der Waals surface area contributed by atoms with Gasteiger partial charge in [-0.3, -0.25) is 4.99 Å². The summed E-state index contributed by atoms with van der Waals surface area (Å²) in [6, 6.07) is 13.5. The van der Waals surface area contributed by atoms with E-state index in [0.717, 1.165) is 5.56 Å². The van der Waals surface area contributed by atoms with Gasteiger partial charge in [0, 0.05) is 20.1 Å². The first-order chi connectivity index (χ1) is 12.4. The van der Waals surface area contributed by atoms with E-state index < -0.39 is 9.84 Å². The Balaban J connectivity index is 1.77. The molecule has 0 aliphatic heterocycles. The Morgan fingerprint density at radius 2 is 1.85 bits per heavy atom. The molecule has 2 aromatic rings. The van der Waals surface area contributed by atoms with Crippen LogP contribution in [0.2, 0.25) is 0 Å². The molecule has 0 amide bonds. The van der Waals surface area contributed by atoms with E-state index in [1.165, 1.54) is 6.07 Å². The van der Waals surface area contributed by atoms with Crippen molar-refractivity contribution in [2.24, 2.45) is 4.99 Å². The SMILES string of the molecule is CN=C(NCCCS(=O)(=O)c1ccccc1)NCc1ccc(C)c(F)c1. The number of aliphatic imine (C=N–C) groups is 1. The fourth-order valence-corrected chi connectivity index (χ4v) is 3.70. The second-order valence-corrected chi connectivity index (χ2v) is 8.03. The second kappa shape index (κ2) is 9.33. The van der Waals surface area contributed by atoms with Crippen LogP contribution < -0.4 is 10.6 Å². The zero-order valence-electron chi connectivity index (χ0n) is 15.0. The van der Waals surface area contributed by atoms with Crippen molar-refractivity contribution in [1.29, 1.82) is 0 Å². The maximum Gasteiger partial charge on any atom is 0.191 e. The maximum absolute atomic E-state index is 13.6. The zero-order chi connectivity index (χ0) is 19.0. The fourth-order valence-electron chi connectivity index (χ4n) is 2.37. The first-order valence-corrected chi connectivity index (χ1v) is 10.0. The first kappa shape index (κ1) is 19.9. The van der Waals surface area contributed by atoms with Crippen molar-refractivity contribution >= 4 is 15.8 Å². The van der Waals surface area contributed by atoms with Crippen LogP contribution in [0.1, 0.15) is 17.5 Å². The summed E-state index contributed by atoms with van der Waals surface area (Å²) in [5, 5.41) is 6.15. The molecule has 5 nitrogen and oxygen atoms in total. The Morgan fingerprint density at radius 1 is 1.12 bits per heavy atom. The van der Waals surface area contributed by atoms with Gasteiger partial charge in [-0.25, -0.2) is 12.8 Å². The first-order valence-electron chi connectivity index (χ1n) is 8.40. The molecule has 2 rings (SSSR count). The van der Waals surface area contributed by atoms with Gasteiger partial charge in [0.15, 0.2) is 15.8 Å². The van der Waals surface area contributed by atoms with E-state index >= 15 is 0 Å². The predicted octanol–water partition coefficient (Wildman–Crippen LogP) is 2.66. The van der Waals surface area contributed by atoms with Gasteiger partial charge in [0.1, 0.15) is 5.82 Å². The molecule has 0 radical (unpaired) electrons. The second-order valence-electron chi connectivity index (χ2n) is 5.92. The standard InChI is InChI=1S/C19H24FN3O2S/c1-15-9-10-16(13-18(15)20)14-23-19(21-2)22-11-6-12-26(24,25)17-7-4-3-5-8-17/h3-5,7-10,13H,6,11-12,14H2,1-2H3,(H2,21,22,23). The Hall–Kier alpha value is -2.41. The largest absolute Gasteiger partial charge is 0.356 e. The predicted molar refractivity (Wildman–Crippen MR) is 102 cm³/mol. The van der Waals surface area contributed by atoms with Gasteiger partial charge >= 0.3 is 0 Å². The third-order valence-electron chi connectivity index (χ3n) is 3.90. The molecule has 26 heavy (non-hydrogen) atoms. The van der Waals surface area contributed by atoms with Crippen LogP contribution in [0.5, 0.6) is 0 Å². The van der Waals surface area contributed by atoms with Crippen molar-refractivity contribution in [3.05, 3.63) is 65.5 Å². The summed E-state index contributed by atoms with van der Waals surface area (Å²) in [6.07, 6.45) is 0.455.